The number of amides is 1. The monoisotopic (exact) mass is 395 g/mol. The molecule has 0 radical (unpaired) electrons. The zero-order valence-corrected chi connectivity index (χ0v) is 16.5. The molecule has 0 saturated heterocycles. The molecule has 0 fully saturated rings. The highest BCUT2D eigenvalue weighted by atomic mass is 32.1. The molecule has 4 rings (SSSR count). The topological polar surface area (TPSA) is 59.2 Å². The first-order chi connectivity index (χ1) is 13.4. The third-order valence-electron chi connectivity index (χ3n) is 4.68. The first-order valence-electron chi connectivity index (χ1n) is 8.75. The third kappa shape index (κ3) is 3.29. The van der Waals surface area contributed by atoms with Crippen LogP contribution in [0.1, 0.15) is 26.5 Å². The van der Waals surface area contributed by atoms with Crippen LogP contribution in [0.15, 0.2) is 46.3 Å². The van der Waals surface area contributed by atoms with Crippen LogP contribution in [0.4, 0.5) is 4.39 Å². The Morgan fingerprint density at radius 1 is 1.21 bits per heavy atom. The summed E-state index contributed by atoms with van der Waals surface area (Å²) in [6.45, 7) is 4.33. The van der Waals surface area contributed by atoms with Crippen LogP contribution in [-0.2, 0) is 6.54 Å². The molecule has 3 heterocycles. The van der Waals surface area contributed by atoms with Crippen LogP contribution in [0.2, 0.25) is 0 Å². The molecule has 0 bridgehead atoms. The molecule has 5 nitrogen and oxygen atoms in total. The number of hydrogen-bond donors (Lipinski definition) is 0. The SMILES string of the molecule is Cc1ccsc1CN(C)C(=O)c1cc(-c2ccc(F)cc2)nc2onc(C)c12. The smallest absolute Gasteiger partial charge is 0.259 e. The Kier molecular flexibility index (Phi) is 4.68. The highest BCUT2D eigenvalue weighted by molar-refractivity contribution is 7.10. The largest absolute Gasteiger partial charge is 0.337 e. The van der Waals surface area contributed by atoms with E-state index < -0.39 is 0 Å². The van der Waals surface area contributed by atoms with Crippen molar-refractivity contribution < 1.29 is 13.7 Å². The average molecular weight is 395 g/mol. The summed E-state index contributed by atoms with van der Waals surface area (Å²) in [5.41, 5.74) is 3.77. The van der Waals surface area contributed by atoms with Crippen molar-refractivity contribution in [3.8, 4) is 11.3 Å². The van der Waals surface area contributed by atoms with Gasteiger partial charge < -0.3 is 9.42 Å². The minimum atomic E-state index is -0.331. The van der Waals surface area contributed by atoms with Crippen molar-refractivity contribution in [1.29, 1.82) is 0 Å². The van der Waals surface area contributed by atoms with Gasteiger partial charge in [-0.1, -0.05) is 5.16 Å². The van der Waals surface area contributed by atoms with Gasteiger partial charge in [0.05, 0.1) is 28.9 Å². The second-order valence-corrected chi connectivity index (χ2v) is 7.70. The van der Waals surface area contributed by atoms with E-state index in [9.17, 15) is 9.18 Å². The summed E-state index contributed by atoms with van der Waals surface area (Å²) < 4.78 is 18.6. The Labute approximate surface area is 165 Å². The van der Waals surface area contributed by atoms with Gasteiger partial charge in [-0.3, -0.25) is 4.79 Å². The van der Waals surface area contributed by atoms with Gasteiger partial charge in [-0.25, -0.2) is 9.37 Å². The zero-order valence-electron chi connectivity index (χ0n) is 15.7. The van der Waals surface area contributed by atoms with Crippen molar-refractivity contribution in [2.24, 2.45) is 0 Å². The molecule has 0 aliphatic heterocycles. The van der Waals surface area contributed by atoms with Gasteiger partial charge in [-0.05, 0) is 61.2 Å². The van der Waals surface area contributed by atoms with Gasteiger partial charge in [0.2, 0.25) is 0 Å². The fourth-order valence-corrected chi connectivity index (χ4v) is 4.05. The number of hydrogen-bond acceptors (Lipinski definition) is 5. The van der Waals surface area contributed by atoms with Gasteiger partial charge in [0.1, 0.15) is 5.82 Å². The minimum Gasteiger partial charge on any atom is -0.337 e. The second-order valence-electron chi connectivity index (χ2n) is 6.70. The second kappa shape index (κ2) is 7.16. The number of carbonyl (C=O) groups is 1. The third-order valence-corrected chi connectivity index (χ3v) is 5.69. The van der Waals surface area contributed by atoms with Crippen molar-refractivity contribution in [1.82, 2.24) is 15.0 Å². The van der Waals surface area contributed by atoms with E-state index in [4.69, 9.17) is 4.52 Å². The highest BCUT2D eigenvalue weighted by Crippen LogP contribution is 2.28. The van der Waals surface area contributed by atoms with Crippen LogP contribution < -0.4 is 0 Å². The van der Waals surface area contributed by atoms with E-state index in [-0.39, 0.29) is 11.7 Å². The predicted octanol–water partition coefficient (Wildman–Crippen LogP) is 4.98. The first kappa shape index (κ1) is 18.3. The van der Waals surface area contributed by atoms with Crippen LogP contribution in [0.5, 0.6) is 0 Å². The van der Waals surface area contributed by atoms with E-state index in [1.807, 2.05) is 18.4 Å². The molecule has 142 valence electrons. The van der Waals surface area contributed by atoms with Gasteiger partial charge in [0.15, 0.2) is 0 Å². The lowest BCUT2D eigenvalue weighted by Gasteiger charge is -2.18. The Hall–Kier alpha value is -3.06. The standard InChI is InChI=1S/C21H18FN3O2S/c1-12-8-9-28-18(12)11-25(3)21(26)16-10-17(14-4-6-15(22)7-5-14)23-20-19(16)13(2)24-27-20/h4-10H,11H2,1-3H3. The van der Waals surface area contributed by atoms with Gasteiger partial charge in [-0.15, -0.1) is 11.3 Å². The zero-order chi connectivity index (χ0) is 19.8. The van der Waals surface area contributed by atoms with Crippen LogP contribution in [0, 0.1) is 19.7 Å². The van der Waals surface area contributed by atoms with E-state index in [1.54, 1.807) is 48.4 Å². The lowest BCUT2D eigenvalue weighted by atomic mass is 10.0. The molecule has 4 aromatic rings. The molecule has 0 aliphatic carbocycles. The molecule has 28 heavy (non-hydrogen) atoms. The van der Waals surface area contributed by atoms with E-state index in [2.05, 4.69) is 10.1 Å². The van der Waals surface area contributed by atoms with Crippen molar-refractivity contribution in [2.45, 2.75) is 20.4 Å². The predicted molar refractivity (Wildman–Crippen MR) is 107 cm³/mol. The van der Waals surface area contributed by atoms with Gasteiger partial charge in [0, 0.05) is 17.5 Å². The molecule has 1 aromatic carbocycles. The maximum Gasteiger partial charge on any atom is 0.259 e. The van der Waals surface area contributed by atoms with Crippen LogP contribution in [-0.4, -0.2) is 28.0 Å². The molecular weight excluding hydrogens is 377 g/mol. The van der Waals surface area contributed by atoms with Crippen molar-refractivity contribution in [3.05, 3.63) is 69.3 Å². The summed E-state index contributed by atoms with van der Waals surface area (Å²) in [6.07, 6.45) is 0. The number of aryl methyl sites for hydroxylation is 2. The number of pyridine rings is 1. The maximum atomic E-state index is 13.3. The summed E-state index contributed by atoms with van der Waals surface area (Å²) >= 11 is 1.63. The quantitative estimate of drug-likeness (QED) is 0.489. The van der Waals surface area contributed by atoms with Crippen LogP contribution >= 0.6 is 11.3 Å². The summed E-state index contributed by atoms with van der Waals surface area (Å²) in [7, 11) is 1.77. The van der Waals surface area contributed by atoms with E-state index in [0.29, 0.717) is 40.2 Å². The fraction of sp³-hybridized carbons (Fsp3) is 0.190. The number of halogens is 1. The fourth-order valence-electron chi connectivity index (χ4n) is 3.09. The minimum absolute atomic E-state index is 0.144. The summed E-state index contributed by atoms with van der Waals surface area (Å²) in [6, 6.07) is 9.74. The first-order valence-corrected chi connectivity index (χ1v) is 9.63. The Bertz CT molecular complexity index is 1160. The van der Waals surface area contributed by atoms with E-state index in [0.717, 1.165) is 10.4 Å². The number of nitrogens with zero attached hydrogens (tertiary/aromatic N) is 3. The summed E-state index contributed by atoms with van der Waals surface area (Å²) in [4.78, 5) is 20.5. The Morgan fingerprint density at radius 2 is 1.96 bits per heavy atom. The molecular formula is C21H18FN3O2S. The molecule has 3 aromatic heterocycles. The number of thiophene rings is 1. The Morgan fingerprint density at radius 3 is 2.64 bits per heavy atom. The average Bonchev–Trinajstić information content (AvgIpc) is 3.27. The summed E-state index contributed by atoms with van der Waals surface area (Å²) in [5.74, 6) is -0.474. The number of benzene rings is 1. The van der Waals surface area contributed by atoms with Gasteiger partial charge >= 0.3 is 0 Å². The lowest BCUT2D eigenvalue weighted by Crippen LogP contribution is -2.26. The molecule has 1 amide bonds. The highest BCUT2D eigenvalue weighted by Gasteiger charge is 2.22. The van der Waals surface area contributed by atoms with E-state index >= 15 is 0 Å². The molecule has 0 atom stereocenters. The van der Waals surface area contributed by atoms with Crippen molar-refractivity contribution >= 4 is 28.3 Å². The van der Waals surface area contributed by atoms with Crippen LogP contribution in [0.25, 0.3) is 22.4 Å². The lowest BCUT2D eigenvalue weighted by molar-refractivity contribution is 0.0788. The number of aromatic nitrogens is 2. The van der Waals surface area contributed by atoms with Crippen molar-refractivity contribution in [2.75, 3.05) is 7.05 Å². The molecule has 0 aliphatic rings. The molecule has 7 heteroatoms. The van der Waals surface area contributed by atoms with Gasteiger partial charge in [-0.2, -0.15) is 0 Å². The number of fused-ring (bicyclic) bond motifs is 1. The normalized spacial score (nSPS) is 11.1. The van der Waals surface area contributed by atoms with E-state index in [1.165, 1.54) is 12.1 Å². The summed E-state index contributed by atoms with van der Waals surface area (Å²) in [5, 5.41) is 6.59. The van der Waals surface area contributed by atoms with Crippen molar-refractivity contribution in [3.63, 3.8) is 0 Å². The molecule has 0 saturated carbocycles. The molecule has 0 unspecified atom stereocenters. The van der Waals surface area contributed by atoms with Crippen LogP contribution in [0.3, 0.4) is 0 Å². The number of rotatable bonds is 4. The van der Waals surface area contributed by atoms with Gasteiger partial charge in [0.25, 0.3) is 11.6 Å². The molecule has 0 spiro atoms. The molecule has 0 N–H and O–H groups in total. The maximum absolute atomic E-state index is 13.3. The Balaban J connectivity index is 1.78. The number of carbonyl (C=O) groups excluding carboxylic acids is 1.